The summed E-state index contributed by atoms with van der Waals surface area (Å²) in [6, 6.07) is -0.617. The average Bonchev–Trinajstić information content (AvgIpc) is 2.77. The lowest BCUT2D eigenvalue weighted by Gasteiger charge is -2.19. The van der Waals surface area contributed by atoms with Crippen LogP contribution in [0.4, 0.5) is 0 Å². The number of amides is 1. The molecule has 1 amide bonds. The molecule has 0 spiro atoms. The molecule has 0 aromatic rings. The molecule has 4 nitrogen and oxygen atoms in total. The van der Waals surface area contributed by atoms with Crippen LogP contribution in [0, 0.1) is 0 Å². The number of unbranched alkanes of at least 4 members (excludes halogenated alkanes) is 13. The van der Waals surface area contributed by atoms with Crippen LogP contribution in [0.1, 0.15) is 123 Å². The van der Waals surface area contributed by atoms with E-state index in [1.54, 1.807) is 6.08 Å². The quantitative estimate of drug-likeness (QED) is 0.132. The van der Waals surface area contributed by atoms with Gasteiger partial charge in [-0.25, -0.2) is 0 Å². The molecule has 0 saturated carbocycles. The normalized spacial score (nSPS) is 13.8. The first-order valence-corrected chi connectivity index (χ1v) is 13.1. The Morgan fingerprint density at radius 2 is 1.29 bits per heavy atom. The van der Waals surface area contributed by atoms with Crippen LogP contribution < -0.4 is 5.32 Å². The van der Waals surface area contributed by atoms with E-state index in [4.69, 9.17) is 0 Å². The average molecular weight is 438 g/mol. The van der Waals surface area contributed by atoms with Gasteiger partial charge in [-0.3, -0.25) is 4.79 Å². The van der Waals surface area contributed by atoms with E-state index in [0.717, 1.165) is 32.1 Å². The van der Waals surface area contributed by atoms with Crippen molar-refractivity contribution in [2.45, 2.75) is 135 Å². The highest BCUT2D eigenvalue weighted by atomic mass is 16.3. The lowest BCUT2D eigenvalue weighted by molar-refractivity contribution is -0.123. The number of aliphatic hydroxyl groups is 2. The molecule has 31 heavy (non-hydrogen) atoms. The van der Waals surface area contributed by atoms with Crippen LogP contribution in [0.2, 0.25) is 0 Å². The Morgan fingerprint density at radius 1 is 0.742 bits per heavy atom. The van der Waals surface area contributed by atoms with E-state index in [-0.39, 0.29) is 12.5 Å². The smallest absolute Gasteiger partial charge is 0.220 e. The van der Waals surface area contributed by atoms with Crippen molar-refractivity contribution < 1.29 is 15.0 Å². The molecule has 0 aliphatic heterocycles. The van der Waals surface area contributed by atoms with Crippen LogP contribution in [0.25, 0.3) is 0 Å². The minimum atomic E-state index is -0.834. The Labute approximate surface area is 192 Å². The molecule has 0 aromatic heterocycles. The van der Waals surface area contributed by atoms with Gasteiger partial charge in [0.2, 0.25) is 5.91 Å². The summed E-state index contributed by atoms with van der Waals surface area (Å²) in [5, 5.41) is 22.2. The Bertz CT molecular complexity index is 448. The molecule has 2 atom stereocenters. The van der Waals surface area contributed by atoms with Crippen molar-refractivity contribution in [3.63, 3.8) is 0 Å². The van der Waals surface area contributed by atoms with E-state index in [2.05, 4.69) is 31.3 Å². The number of aliphatic hydroxyl groups excluding tert-OH is 2. The predicted molar refractivity (Wildman–Crippen MR) is 133 cm³/mol. The largest absolute Gasteiger partial charge is 0.394 e. The zero-order valence-electron chi connectivity index (χ0n) is 20.5. The van der Waals surface area contributed by atoms with Crippen molar-refractivity contribution in [1.29, 1.82) is 0 Å². The predicted octanol–water partition coefficient (Wildman–Crippen LogP) is 6.61. The highest BCUT2D eigenvalue weighted by Crippen LogP contribution is 2.10. The Balaban J connectivity index is 3.55. The summed E-state index contributed by atoms with van der Waals surface area (Å²) in [4.78, 5) is 12.0. The minimum Gasteiger partial charge on any atom is -0.394 e. The van der Waals surface area contributed by atoms with Crippen LogP contribution in [-0.4, -0.2) is 34.9 Å². The summed E-state index contributed by atoms with van der Waals surface area (Å²) >= 11 is 0. The number of hydrogen-bond acceptors (Lipinski definition) is 3. The number of rotatable bonds is 22. The van der Waals surface area contributed by atoms with Gasteiger partial charge in [0.25, 0.3) is 0 Å². The van der Waals surface area contributed by atoms with Crippen LogP contribution in [0.3, 0.4) is 0 Å². The first-order valence-electron chi connectivity index (χ1n) is 13.1. The van der Waals surface area contributed by atoms with Gasteiger partial charge in [0.05, 0.1) is 18.8 Å². The maximum atomic E-state index is 12.0. The maximum Gasteiger partial charge on any atom is 0.220 e. The van der Waals surface area contributed by atoms with E-state index in [1.807, 2.05) is 6.08 Å². The molecular weight excluding hydrogens is 386 g/mol. The summed E-state index contributed by atoms with van der Waals surface area (Å²) < 4.78 is 0. The summed E-state index contributed by atoms with van der Waals surface area (Å²) in [5.41, 5.74) is 0. The molecule has 2 unspecified atom stereocenters. The molecule has 0 fully saturated rings. The number of hydrogen-bond donors (Lipinski definition) is 3. The van der Waals surface area contributed by atoms with Gasteiger partial charge in [-0.05, 0) is 38.5 Å². The number of nitrogens with one attached hydrogen (secondary N) is 1. The second kappa shape index (κ2) is 23.5. The first kappa shape index (κ1) is 29.9. The molecule has 182 valence electrons. The van der Waals surface area contributed by atoms with E-state index in [9.17, 15) is 15.0 Å². The molecule has 0 rings (SSSR count). The van der Waals surface area contributed by atoms with Gasteiger partial charge >= 0.3 is 0 Å². The van der Waals surface area contributed by atoms with Crippen molar-refractivity contribution >= 4 is 5.91 Å². The van der Waals surface area contributed by atoms with Gasteiger partial charge in [0.15, 0.2) is 0 Å². The monoisotopic (exact) mass is 437 g/mol. The summed E-state index contributed by atoms with van der Waals surface area (Å²) in [6.07, 6.45) is 27.3. The molecule has 0 heterocycles. The molecular formula is C27H51NO3. The molecule has 4 heteroatoms. The van der Waals surface area contributed by atoms with Crippen molar-refractivity contribution in [3.05, 3.63) is 24.3 Å². The van der Waals surface area contributed by atoms with Crippen LogP contribution in [-0.2, 0) is 4.79 Å². The topological polar surface area (TPSA) is 69.6 Å². The Kier molecular flexibility index (Phi) is 22.7. The van der Waals surface area contributed by atoms with Crippen molar-refractivity contribution in [1.82, 2.24) is 5.32 Å². The van der Waals surface area contributed by atoms with Gasteiger partial charge in [0.1, 0.15) is 0 Å². The van der Waals surface area contributed by atoms with Gasteiger partial charge in [-0.2, -0.15) is 0 Å². The van der Waals surface area contributed by atoms with Crippen molar-refractivity contribution in [3.8, 4) is 0 Å². The summed E-state index contributed by atoms with van der Waals surface area (Å²) in [7, 11) is 0. The van der Waals surface area contributed by atoms with Gasteiger partial charge in [0, 0.05) is 6.42 Å². The fourth-order valence-electron chi connectivity index (χ4n) is 3.59. The van der Waals surface area contributed by atoms with Gasteiger partial charge < -0.3 is 15.5 Å². The number of carbonyl (C=O) groups is 1. The van der Waals surface area contributed by atoms with Crippen LogP contribution in [0.15, 0.2) is 24.3 Å². The lowest BCUT2D eigenvalue weighted by Crippen LogP contribution is -2.45. The zero-order valence-corrected chi connectivity index (χ0v) is 20.5. The Hall–Kier alpha value is -1.13. The van der Waals surface area contributed by atoms with E-state index in [1.165, 1.54) is 70.6 Å². The molecule has 0 aliphatic carbocycles. The third-order valence-electron chi connectivity index (χ3n) is 5.66. The molecule has 0 aromatic carbocycles. The summed E-state index contributed by atoms with van der Waals surface area (Å²) in [6.45, 7) is 4.08. The highest BCUT2D eigenvalue weighted by Gasteiger charge is 2.17. The van der Waals surface area contributed by atoms with Crippen molar-refractivity contribution in [2.75, 3.05) is 6.61 Å². The second-order valence-electron chi connectivity index (χ2n) is 8.75. The SMILES string of the molecule is CCC/C=C/C(O)C(CO)NC(=O)CCCCCCC/C=C\CCCCCCCCC. The van der Waals surface area contributed by atoms with Crippen molar-refractivity contribution in [2.24, 2.45) is 0 Å². The Morgan fingerprint density at radius 3 is 1.84 bits per heavy atom. The fraction of sp³-hybridized carbons (Fsp3) is 0.815. The lowest BCUT2D eigenvalue weighted by atomic mass is 10.1. The molecule has 3 N–H and O–H groups in total. The maximum absolute atomic E-state index is 12.0. The molecule has 0 bridgehead atoms. The summed E-state index contributed by atoms with van der Waals surface area (Å²) in [5.74, 6) is -0.0877. The zero-order chi connectivity index (χ0) is 23.0. The van der Waals surface area contributed by atoms with E-state index < -0.39 is 12.1 Å². The number of carbonyl (C=O) groups excluding carboxylic acids is 1. The fourth-order valence-corrected chi connectivity index (χ4v) is 3.59. The molecule has 0 saturated heterocycles. The molecule has 0 aliphatic rings. The van der Waals surface area contributed by atoms with Gasteiger partial charge in [-0.1, -0.05) is 102 Å². The van der Waals surface area contributed by atoms with E-state index >= 15 is 0 Å². The third-order valence-corrected chi connectivity index (χ3v) is 5.66. The van der Waals surface area contributed by atoms with E-state index in [0.29, 0.717) is 6.42 Å². The molecule has 0 radical (unpaired) electrons. The number of allylic oxidation sites excluding steroid dienone is 3. The second-order valence-corrected chi connectivity index (χ2v) is 8.75. The van der Waals surface area contributed by atoms with Gasteiger partial charge in [-0.15, -0.1) is 0 Å². The van der Waals surface area contributed by atoms with Crippen LogP contribution in [0.5, 0.6) is 0 Å². The third kappa shape index (κ3) is 20.5. The van der Waals surface area contributed by atoms with Crippen LogP contribution >= 0.6 is 0 Å². The standard InChI is InChI=1S/C27H51NO3/c1-3-5-7-8-9-10-11-12-13-14-15-16-17-18-19-21-23-27(31)28-25(24-29)26(30)22-20-6-4-2/h13-14,20,22,25-26,29-30H,3-12,15-19,21,23-24H2,1-2H3,(H,28,31)/b14-13-,22-20+. The highest BCUT2D eigenvalue weighted by molar-refractivity contribution is 5.76. The first-order chi connectivity index (χ1) is 15.2. The minimum absolute atomic E-state index is 0.0877.